The van der Waals surface area contributed by atoms with Gasteiger partial charge < -0.3 is 25.6 Å². The molecular formula is C14H26N2O4. The summed E-state index contributed by atoms with van der Waals surface area (Å²) in [4.78, 5) is 13.6. The molecule has 6 heteroatoms. The lowest BCUT2D eigenvalue weighted by atomic mass is 10.3. The number of nitrogens with zero attached hydrogens (tertiary/aromatic N) is 1. The number of nitrogens with two attached hydrogens (primary N) is 1. The molecule has 0 spiro atoms. The summed E-state index contributed by atoms with van der Waals surface area (Å²) < 4.78 is 4.72. The average molecular weight is 286 g/mol. The van der Waals surface area contributed by atoms with E-state index in [1.807, 2.05) is 6.20 Å². The number of carbonyl (C=O) groups excluding carboxylic acids is 1. The Bertz CT molecular complexity index is 323. The Balaban J connectivity index is 4.30. The average Bonchev–Trinajstić information content (AvgIpc) is 2.44. The molecule has 0 aromatic carbocycles. The Hall–Kier alpha value is -1.53. The molecule has 0 aliphatic rings. The highest BCUT2D eigenvalue weighted by atomic mass is 16.5. The highest BCUT2D eigenvalue weighted by Gasteiger charge is 2.09. The Kier molecular flexibility index (Phi) is 10.4. The summed E-state index contributed by atoms with van der Waals surface area (Å²) in [6.45, 7) is 5.37. The quantitative estimate of drug-likeness (QED) is 0.305. The maximum absolute atomic E-state index is 11.4. The van der Waals surface area contributed by atoms with Crippen LogP contribution in [0.2, 0.25) is 0 Å². The summed E-state index contributed by atoms with van der Waals surface area (Å²) in [5.41, 5.74) is 5.51. The first kappa shape index (κ1) is 18.5. The van der Waals surface area contributed by atoms with Crippen LogP contribution in [0.25, 0.3) is 0 Å². The third-order valence-corrected chi connectivity index (χ3v) is 2.45. The lowest BCUT2D eigenvalue weighted by Gasteiger charge is -2.17. The van der Waals surface area contributed by atoms with Crippen molar-refractivity contribution in [3.05, 3.63) is 24.0 Å². The molecule has 0 bridgehead atoms. The zero-order valence-corrected chi connectivity index (χ0v) is 12.3. The van der Waals surface area contributed by atoms with E-state index in [0.29, 0.717) is 0 Å². The van der Waals surface area contributed by atoms with Gasteiger partial charge in [-0.25, -0.2) is 4.79 Å². The van der Waals surface area contributed by atoms with Gasteiger partial charge >= 0.3 is 5.97 Å². The van der Waals surface area contributed by atoms with Crippen LogP contribution in [0.4, 0.5) is 0 Å². The third-order valence-electron chi connectivity index (χ3n) is 2.45. The van der Waals surface area contributed by atoms with Gasteiger partial charge in [0, 0.05) is 13.1 Å². The fourth-order valence-corrected chi connectivity index (χ4v) is 1.48. The Morgan fingerprint density at radius 1 is 1.35 bits per heavy atom. The minimum atomic E-state index is -1.08. The zero-order valence-electron chi connectivity index (χ0n) is 12.3. The normalized spacial score (nSPS) is 13.5. The molecule has 0 radical (unpaired) electrons. The predicted octanol–water partition coefficient (Wildman–Crippen LogP) is 0.361. The van der Waals surface area contributed by atoms with Crippen molar-refractivity contribution in [2.45, 2.75) is 32.8 Å². The number of esters is 1. The second-order valence-electron chi connectivity index (χ2n) is 4.43. The first-order chi connectivity index (χ1) is 9.54. The first-order valence-electron chi connectivity index (χ1n) is 6.89. The summed E-state index contributed by atoms with van der Waals surface area (Å²) in [5, 5.41) is 17.6. The summed E-state index contributed by atoms with van der Waals surface area (Å²) >= 11 is 0. The predicted molar refractivity (Wildman–Crippen MR) is 77.6 cm³/mol. The van der Waals surface area contributed by atoms with Crippen molar-refractivity contribution in [2.24, 2.45) is 5.73 Å². The number of aliphatic hydroxyl groups excluding tert-OH is 2. The monoisotopic (exact) mass is 286 g/mol. The van der Waals surface area contributed by atoms with Crippen molar-refractivity contribution in [1.29, 1.82) is 0 Å². The van der Waals surface area contributed by atoms with Crippen LogP contribution >= 0.6 is 0 Å². The minimum Gasteiger partial charge on any atom is -0.458 e. The van der Waals surface area contributed by atoms with Crippen LogP contribution in [-0.4, -0.2) is 53.5 Å². The van der Waals surface area contributed by atoms with Crippen molar-refractivity contribution in [3.8, 4) is 0 Å². The van der Waals surface area contributed by atoms with Gasteiger partial charge in [-0.2, -0.15) is 0 Å². The lowest BCUT2D eigenvalue weighted by Crippen LogP contribution is -2.24. The zero-order chi connectivity index (χ0) is 15.4. The van der Waals surface area contributed by atoms with Gasteiger partial charge in [0.15, 0.2) is 0 Å². The number of hydrogen-bond donors (Lipinski definition) is 3. The highest BCUT2D eigenvalue weighted by molar-refractivity contribution is 5.87. The first-order valence-corrected chi connectivity index (χ1v) is 6.89. The van der Waals surface area contributed by atoms with E-state index in [-0.39, 0.29) is 12.3 Å². The molecule has 0 saturated heterocycles. The molecule has 0 saturated carbocycles. The summed E-state index contributed by atoms with van der Waals surface area (Å²) in [5.74, 6) is -0.709. The summed E-state index contributed by atoms with van der Waals surface area (Å²) in [6, 6.07) is 0. The van der Waals surface area contributed by atoms with Gasteiger partial charge in [0.05, 0.1) is 6.61 Å². The summed E-state index contributed by atoms with van der Waals surface area (Å²) in [6.07, 6.45) is 6.06. The molecule has 0 aromatic rings. The standard InChI is InChI=1S/C14H26N2O4/c1-3-7-16(8-4-2)9-5-6-13(15)14(19)20-11-12(18)10-17/h5-6,9,12,17-18H,3-4,7-8,10-11,15H2,1-2H3/b9-5+,13-6-. The van der Waals surface area contributed by atoms with Crippen molar-refractivity contribution >= 4 is 5.97 Å². The topological polar surface area (TPSA) is 96.0 Å². The van der Waals surface area contributed by atoms with Crippen LogP contribution in [0.3, 0.4) is 0 Å². The molecule has 4 N–H and O–H groups in total. The van der Waals surface area contributed by atoms with Crippen LogP contribution in [-0.2, 0) is 9.53 Å². The molecule has 0 heterocycles. The Morgan fingerprint density at radius 3 is 2.45 bits per heavy atom. The van der Waals surface area contributed by atoms with E-state index in [1.165, 1.54) is 6.08 Å². The Labute approximate surface area is 120 Å². The number of carbonyl (C=O) groups is 1. The second kappa shape index (κ2) is 11.3. The SMILES string of the molecule is CCCN(/C=C/C=C(\N)C(=O)OCC(O)CO)CCC. The fourth-order valence-electron chi connectivity index (χ4n) is 1.48. The number of rotatable bonds is 10. The number of hydrogen-bond acceptors (Lipinski definition) is 6. The highest BCUT2D eigenvalue weighted by Crippen LogP contribution is 1.97. The van der Waals surface area contributed by atoms with Crippen molar-refractivity contribution < 1.29 is 19.7 Å². The maximum Gasteiger partial charge on any atom is 0.354 e. The van der Waals surface area contributed by atoms with Gasteiger partial charge in [-0.15, -0.1) is 0 Å². The van der Waals surface area contributed by atoms with E-state index in [4.69, 9.17) is 20.7 Å². The fraction of sp³-hybridized carbons (Fsp3) is 0.643. The van der Waals surface area contributed by atoms with E-state index in [0.717, 1.165) is 25.9 Å². The number of allylic oxidation sites excluding steroid dienone is 2. The van der Waals surface area contributed by atoms with Crippen molar-refractivity contribution in [2.75, 3.05) is 26.3 Å². The van der Waals surface area contributed by atoms with E-state index >= 15 is 0 Å². The molecule has 20 heavy (non-hydrogen) atoms. The van der Waals surface area contributed by atoms with Gasteiger partial charge in [0.2, 0.25) is 0 Å². The van der Waals surface area contributed by atoms with Gasteiger partial charge in [0.25, 0.3) is 0 Å². The second-order valence-corrected chi connectivity index (χ2v) is 4.43. The van der Waals surface area contributed by atoms with E-state index in [1.54, 1.807) is 6.08 Å². The van der Waals surface area contributed by atoms with Crippen LogP contribution in [0, 0.1) is 0 Å². The van der Waals surface area contributed by atoms with Crippen molar-refractivity contribution in [1.82, 2.24) is 4.90 Å². The molecule has 0 amide bonds. The molecule has 0 fully saturated rings. The molecule has 0 aliphatic carbocycles. The largest absolute Gasteiger partial charge is 0.458 e. The molecule has 1 atom stereocenters. The van der Waals surface area contributed by atoms with E-state index < -0.39 is 18.7 Å². The van der Waals surface area contributed by atoms with Gasteiger partial charge in [-0.05, 0) is 31.2 Å². The number of ether oxygens (including phenoxy) is 1. The lowest BCUT2D eigenvalue weighted by molar-refractivity contribution is -0.142. The van der Waals surface area contributed by atoms with Gasteiger partial charge in [-0.1, -0.05) is 13.8 Å². The van der Waals surface area contributed by atoms with Crippen LogP contribution in [0.1, 0.15) is 26.7 Å². The van der Waals surface area contributed by atoms with Gasteiger partial charge in [-0.3, -0.25) is 0 Å². The molecule has 6 nitrogen and oxygen atoms in total. The molecule has 116 valence electrons. The smallest absolute Gasteiger partial charge is 0.354 e. The molecular weight excluding hydrogens is 260 g/mol. The molecule has 1 unspecified atom stereocenters. The third kappa shape index (κ3) is 8.55. The van der Waals surface area contributed by atoms with Crippen LogP contribution in [0.5, 0.6) is 0 Å². The van der Waals surface area contributed by atoms with E-state index in [2.05, 4.69) is 18.7 Å². The maximum atomic E-state index is 11.4. The molecule has 0 rings (SSSR count). The molecule has 0 aliphatic heterocycles. The molecule has 0 aromatic heterocycles. The van der Waals surface area contributed by atoms with E-state index in [9.17, 15) is 4.79 Å². The summed E-state index contributed by atoms with van der Waals surface area (Å²) in [7, 11) is 0. The van der Waals surface area contributed by atoms with Crippen LogP contribution in [0.15, 0.2) is 24.0 Å². The minimum absolute atomic E-state index is 0.0423. The number of aliphatic hydroxyl groups is 2. The Morgan fingerprint density at radius 2 is 1.95 bits per heavy atom. The van der Waals surface area contributed by atoms with Crippen LogP contribution < -0.4 is 5.73 Å². The van der Waals surface area contributed by atoms with Gasteiger partial charge in [0.1, 0.15) is 18.4 Å². The van der Waals surface area contributed by atoms with Crippen molar-refractivity contribution in [3.63, 3.8) is 0 Å².